The van der Waals surface area contributed by atoms with Crippen molar-refractivity contribution in [2.75, 3.05) is 6.61 Å². The van der Waals surface area contributed by atoms with Crippen LogP contribution in [0, 0.1) is 6.92 Å². The lowest BCUT2D eigenvalue weighted by atomic mass is 10.1. The summed E-state index contributed by atoms with van der Waals surface area (Å²) in [5.74, 6) is 0.397. The normalized spacial score (nSPS) is 13.9. The zero-order chi connectivity index (χ0) is 15.4. The predicted octanol–water partition coefficient (Wildman–Crippen LogP) is 0.791. The van der Waals surface area contributed by atoms with Gasteiger partial charge in [0.25, 0.3) is 0 Å². The number of benzene rings is 1. The fourth-order valence-corrected chi connectivity index (χ4v) is 1.94. The van der Waals surface area contributed by atoms with E-state index < -0.39 is 17.8 Å². The van der Waals surface area contributed by atoms with E-state index in [0.29, 0.717) is 17.6 Å². The van der Waals surface area contributed by atoms with Crippen LogP contribution >= 0.6 is 0 Å². The third-order valence-corrected chi connectivity index (χ3v) is 3.13. The van der Waals surface area contributed by atoms with Crippen LogP contribution in [-0.2, 0) is 4.79 Å². The van der Waals surface area contributed by atoms with Crippen molar-refractivity contribution in [2.24, 2.45) is 0 Å². The van der Waals surface area contributed by atoms with E-state index in [-0.39, 0.29) is 13.0 Å². The van der Waals surface area contributed by atoms with Gasteiger partial charge < -0.3 is 24.2 Å². The second-order valence-corrected chi connectivity index (χ2v) is 4.75. The molecule has 2 rings (SSSR count). The van der Waals surface area contributed by atoms with Gasteiger partial charge >= 0.3 is 5.63 Å². The third kappa shape index (κ3) is 3.68. The highest BCUT2D eigenvalue weighted by molar-refractivity contribution is 5.81. The maximum absolute atomic E-state index is 11.3. The topological polar surface area (TPSA) is 97.0 Å². The minimum atomic E-state index is -1.17. The molecule has 0 radical (unpaired) electrons. The number of aryl methyl sites for hydroxylation is 1. The lowest BCUT2D eigenvalue weighted by Crippen LogP contribution is -2.32. The molecule has 0 aliphatic carbocycles. The zero-order valence-electron chi connectivity index (χ0n) is 11.5. The van der Waals surface area contributed by atoms with Crippen molar-refractivity contribution in [1.29, 1.82) is 0 Å². The fraction of sp³-hybridized carbons (Fsp3) is 0.333. The van der Waals surface area contributed by atoms with Gasteiger partial charge in [0.1, 0.15) is 30.3 Å². The van der Waals surface area contributed by atoms with Crippen molar-refractivity contribution < 1.29 is 24.2 Å². The Morgan fingerprint density at radius 2 is 2.05 bits per heavy atom. The second kappa shape index (κ2) is 6.51. The molecule has 0 amide bonds. The molecule has 1 aromatic carbocycles. The molecule has 2 unspecified atom stereocenters. The molecule has 1 aromatic heterocycles. The van der Waals surface area contributed by atoms with Crippen molar-refractivity contribution in [1.82, 2.24) is 0 Å². The van der Waals surface area contributed by atoms with Crippen molar-refractivity contribution in [2.45, 2.75) is 25.6 Å². The van der Waals surface area contributed by atoms with Gasteiger partial charge in [-0.3, -0.25) is 0 Å². The van der Waals surface area contributed by atoms with Crippen LogP contribution in [0.4, 0.5) is 0 Å². The highest BCUT2D eigenvalue weighted by Crippen LogP contribution is 2.22. The molecule has 0 saturated heterocycles. The fourth-order valence-electron chi connectivity index (χ4n) is 1.94. The summed E-state index contributed by atoms with van der Waals surface area (Å²) in [5, 5.41) is 19.8. The summed E-state index contributed by atoms with van der Waals surface area (Å²) in [6.45, 7) is 1.63. The van der Waals surface area contributed by atoms with Crippen LogP contribution in [0.2, 0.25) is 0 Å². The molecular formula is C15H16O6. The van der Waals surface area contributed by atoms with Crippen molar-refractivity contribution in [3.8, 4) is 5.75 Å². The molecule has 1 heterocycles. The molecule has 0 saturated carbocycles. The summed E-state index contributed by atoms with van der Waals surface area (Å²) in [6.07, 6.45) is -1.96. The van der Waals surface area contributed by atoms with Crippen molar-refractivity contribution in [3.05, 3.63) is 40.2 Å². The number of carbonyl (C=O) groups excluding carboxylic acids is 1. The van der Waals surface area contributed by atoms with Crippen LogP contribution in [-0.4, -0.2) is 35.3 Å². The van der Waals surface area contributed by atoms with Gasteiger partial charge in [-0.1, -0.05) is 0 Å². The first-order valence-corrected chi connectivity index (χ1v) is 6.48. The number of aliphatic hydroxyl groups excluding tert-OH is 2. The molecule has 0 aliphatic heterocycles. The third-order valence-electron chi connectivity index (χ3n) is 3.13. The molecule has 0 bridgehead atoms. The largest absolute Gasteiger partial charge is 0.491 e. The quantitative estimate of drug-likeness (QED) is 0.603. The van der Waals surface area contributed by atoms with E-state index in [1.165, 1.54) is 6.07 Å². The first kappa shape index (κ1) is 15.2. The van der Waals surface area contributed by atoms with Gasteiger partial charge in [0, 0.05) is 23.9 Å². The number of carbonyl (C=O) groups is 1. The van der Waals surface area contributed by atoms with Gasteiger partial charge in [-0.15, -0.1) is 0 Å². The van der Waals surface area contributed by atoms with Crippen molar-refractivity contribution >= 4 is 17.3 Å². The first-order chi connectivity index (χ1) is 10.0. The first-order valence-electron chi connectivity index (χ1n) is 6.48. The molecule has 112 valence electrons. The molecule has 2 N–H and O–H groups in total. The maximum atomic E-state index is 11.3. The summed E-state index contributed by atoms with van der Waals surface area (Å²) in [4.78, 5) is 21.6. The van der Waals surface area contributed by atoms with Crippen molar-refractivity contribution in [3.63, 3.8) is 0 Å². The maximum Gasteiger partial charge on any atom is 0.336 e. The SMILES string of the molecule is Cc1cc(=O)oc2cc(OCC(O)C(O)CC=O)ccc12. The number of fused-ring (bicyclic) bond motifs is 1. The molecule has 0 fully saturated rings. The Morgan fingerprint density at radius 1 is 1.29 bits per heavy atom. The molecular weight excluding hydrogens is 276 g/mol. The lowest BCUT2D eigenvalue weighted by Gasteiger charge is -2.16. The van der Waals surface area contributed by atoms with Crippen LogP contribution in [0.3, 0.4) is 0 Å². The number of hydrogen-bond donors (Lipinski definition) is 2. The molecule has 21 heavy (non-hydrogen) atoms. The Kier molecular flexibility index (Phi) is 4.72. The number of hydrogen-bond acceptors (Lipinski definition) is 6. The lowest BCUT2D eigenvalue weighted by molar-refractivity contribution is -0.111. The average molecular weight is 292 g/mol. The number of rotatable bonds is 6. The summed E-state index contributed by atoms with van der Waals surface area (Å²) in [6, 6.07) is 6.37. The van der Waals surface area contributed by atoms with Crippen LogP contribution in [0.1, 0.15) is 12.0 Å². The molecule has 0 aliphatic rings. The van der Waals surface area contributed by atoms with Crippen LogP contribution in [0.25, 0.3) is 11.0 Å². The van der Waals surface area contributed by atoms with Crippen LogP contribution < -0.4 is 10.4 Å². The smallest absolute Gasteiger partial charge is 0.336 e. The highest BCUT2D eigenvalue weighted by atomic mass is 16.5. The molecule has 2 aromatic rings. The number of aldehydes is 1. The van der Waals surface area contributed by atoms with Gasteiger partial charge in [-0.05, 0) is 24.6 Å². The number of aliphatic hydroxyl groups is 2. The summed E-state index contributed by atoms with van der Waals surface area (Å²) < 4.78 is 10.4. The number of ether oxygens (including phenoxy) is 1. The van der Waals surface area contributed by atoms with Crippen LogP contribution in [0.5, 0.6) is 5.75 Å². The van der Waals surface area contributed by atoms with E-state index in [2.05, 4.69) is 0 Å². The summed E-state index contributed by atoms with van der Waals surface area (Å²) >= 11 is 0. The van der Waals surface area contributed by atoms with Gasteiger partial charge in [-0.25, -0.2) is 4.79 Å². The second-order valence-electron chi connectivity index (χ2n) is 4.75. The Labute approximate surface area is 120 Å². The van der Waals surface area contributed by atoms with Crippen LogP contribution in [0.15, 0.2) is 33.5 Å². The predicted molar refractivity (Wildman–Crippen MR) is 75.4 cm³/mol. The summed E-state index contributed by atoms with van der Waals surface area (Å²) in [5.41, 5.74) is 0.744. The van der Waals surface area contributed by atoms with Gasteiger partial charge in [0.15, 0.2) is 0 Å². The Morgan fingerprint density at radius 3 is 2.76 bits per heavy atom. The van der Waals surface area contributed by atoms with E-state index in [0.717, 1.165) is 10.9 Å². The molecule has 2 atom stereocenters. The zero-order valence-corrected chi connectivity index (χ0v) is 11.5. The van der Waals surface area contributed by atoms with Gasteiger partial charge in [0.2, 0.25) is 0 Å². The highest BCUT2D eigenvalue weighted by Gasteiger charge is 2.16. The Bertz CT molecular complexity index is 690. The molecule has 0 spiro atoms. The average Bonchev–Trinajstić information content (AvgIpc) is 2.44. The van der Waals surface area contributed by atoms with E-state index >= 15 is 0 Å². The minimum absolute atomic E-state index is 0.156. The summed E-state index contributed by atoms with van der Waals surface area (Å²) in [7, 11) is 0. The van der Waals surface area contributed by atoms with E-state index in [9.17, 15) is 19.8 Å². The van der Waals surface area contributed by atoms with E-state index in [1.807, 2.05) is 0 Å². The van der Waals surface area contributed by atoms with Gasteiger partial charge in [-0.2, -0.15) is 0 Å². The molecule has 6 heteroatoms. The van der Waals surface area contributed by atoms with Gasteiger partial charge in [0.05, 0.1) is 6.10 Å². The monoisotopic (exact) mass is 292 g/mol. The Hall–Kier alpha value is -2.18. The van der Waals surface area contributed by atoms with E-state index in [1.54, 1.807) is 25.1 Å². The Balaban J connectivity index is 2.13. The van der Waals surface area contributed by atoms with E-state index in [4.69, 9.17) is 9.15 Å². The standard InChI is InChI=1S/C15H16O6/c1-9-6-15(19)21-14-7-10(2-3-11(9)14)20-8-13(18)12(17)4-5-16/h2-3,5-7,12-13,17-18H,4,8H2,1H3. The molecule has 6 nitrogen and oxygen atoms in total. The minimum Gasteiger partial charge on any atom is -0.491 e.